The second-order valence-corrected chi connectivity index (χ2v) is 18.5. The van der Waals surface area contributed by atoms with Crippen LogP contribution in [0.25, 0.3) is 0 Å². The third-order valence-electron chi connectivity index (χ3n) is 6.11. The van der Waals surface area contributed by atoms with Gasteiger partial charge in [0, 0.05) is 40.4 Å². The molecule has 0 bridgehead atoms. The van der Waals surface area contributed by atoms with Gasteiger partial charge in [-0.25, -0.2) is 9.59 Å². The number of carbonyl (C=O) groups is 2. The molecular formula is C31H68N2O9Si. The van der Waals surface area contributed by atoms with Crippen LogP contribution < -0.4 is 0 Å². The van der Waals surface area contributed by atoms with E-state index >= 15 is 0 Å². The van der Waals surface area contributed by atoms with Crippen molar-refractivity contribution < 1.29 is 42.8 Å². The summed E-state index contributed by atoms with van der Waals surface area (Å²) >= 11 is 0. The molecule has 1 heterocycles. The standard InChI is InChI=1S/C16H35NO4Si.C10H21NO4.C4H8O.CH4/c1-15(2,3)21-14(18)17(7)10-11-19-12-13-20-22(8,9)16(4,5)6;1-10(2,3)15-9(13)11(4)5-7-14-8-6-12;1-2-4-5-3-1;/h10-13H2,1-9H3;12H,5-8H2,1-4H3;1-4H2;1H4. The lowest BCUT2D eigenvalue weighted by atomic mass is 10.2. The molecule has 0 radical (unpaired) electrons. The molecule has 0 atom stereocenters. The summed E-state index contributed by atoms with van der Waals surface area (Å²) in [5.41, 5.74) is -0.944. The molecule has 1 aliphatic heterocycles. The molecule has 0 aromatic heterocycles. The Bertz CT molecular complexity index is 706. The van der Waals surface area contributed by atoms with Crippen LogP contribution in [0, 0.1) is 0 Å². The lowest BCUT2D eigenvalue weighted by Gasteiger charge is -2.36. The van der Waals surface area contributed by atoms with Crippen LogP contribution in [0.3, 0.4) is 0 Å². The molecule has 0 unspecified atom stereocenters. The van der Waals surface area contributed by atoms with Gasteiger partial charge in [0.15, 0.2) is 8.32 Å². The Morgan fingerprint density at radius 3 is 1.42 bits per heavy atom. The number of aliphatic hydroxyl groups excluding tert-OH is 1. The van der Waals surface area contributed by atoms with E-state index < -0.39 is 19.5 Å². The van der Waals surface area contributed by atoms with Gasteiger partial charge in [-0.2, -0.15) is 0 Å². The summed E-state index contributed by atoms with van der Waals surface area (Å²) in [6.45, 7) is 27.4. The van der Waals surface area contributed by atoms with Crippen molar-refractivity contribution >= 4 is 20.5 Å². The molecule has 11 nitrogen and oxygen atoms in total. The van der Waals surface area contributed by atoms with Crippen LogP contribution in [0.15, 0.2) is 0 Å². The van der Waals surface area contributed by atoms with E-state index in [0.717, 1.165) is 13.2 Å². The molecule has 0 saturated carbocycles. The van der Waals surface area contributed by atoms with Crippen LogP contribution >= 0.6 is 0 Å². The summed E-state index contributed by atoms with van der Waals surface area (Å²) < 4.78 is 32.0. The molecule has 43 heavy (non-hydrogen) atoms. The number of amides is 2. The van der Waals surface area contributed by atoms with Gasteiger partial charge < -0.3 is 43.0 Å². The molecule has 1 saturated heterocycles. The highest BCUT2D eigenvalue weighted by Gasteiger charge is 2.36. The third-order valence-corrected chi connectivity index (χ3v) is 10.7. The van der Waals surface area contributed by atoms with E-state index in [9.17, 15) is 9.59 Å². The van der Waals surface area contributed by atoms with Crippen LogP contribution in [-0.4, -0.2) is 127 Å². The van der Waals surface area contributed by atoms with E-state index in [2.05, 4.69) is 33.9 Å². The Morgan fingerprint density at radius 2 is 1.12 bits per heavy atom. The van der Waals surface area contributed by atoms with E-state index in [1.807, 2.05) is 41.5 Å². The average molecular weight is 641 g/mol. The molecule has 1 N–H and O–H groups in total. The minimum Gasteiger partial charge on any atom is -0.444 e. The molecule has 0 aromatic rings. The molecule has 0 spiro atoms. The van der Waals surface area contributed by atoms with Gasteiger partial charge in [-0.1, -0.05) is 28.2 Å². The van der Waals surface area contributed by atoms with Crippen LogP contribution in [0.5, 0.6) is 0 Å². The predicted molar refractivity (Wildman–Crippen MR) is 176 cm³/mol. The summed E-state index contributed by atoms with van der Waals surface area (Å²) in [4.78, 5) is 26.1. The van der Waals surface area contributed by atoms with Crippen molar-refractivity contribution in [2.24, 2.45) is 0 Å². The molecule has 0 aliphatic carbocycles. The number of aliphatic hydroxyl groups is 1. The predicted octanol–water partition coefficient (Wildman–Crippen LogP) is 6.19. The molecule has 2 amide bonds. The molecule has 0 aromatic carbocycles. The number of hydrogen-bond acceptors (Lipinski definition) is 9. The molecule has 1 rings (SSSR count). The first-order valence-corrected chi connectivity index (χ1v) is 17.9. The zero-order valence-corrected chi connectivity index (χ0v) is 30.1. The second-order valence-electron chi connectivity index (χ2n) is 13.7. The normalized spacial score (nSPS) is 13.4. The van der Waals surface area contributed by atoms with Crippen molar-refractivity contribution in [2.45, 2.75) is 112 Å². The Morgan fingerprint density at radius 1 is 0.721 bits per heavy atom. The van der Waals surface area contributed by atoms with Gasteiger partial charge in [-0.15, -0.1) is 0 Å². The van der Waals surface area contributed by atoms with Crippen molar-refractivity contribution in [1.82, 2.24) is 9.80 Å². The minimum atomic E-state index is -1.70. The number of carbonyl (C=O) groups excluding carboxylic acids is 2. The number of rotatable bonds is 12. The van der Waals surface area contributed by atoms with E-state index in [4.69, 9.17) is 33.2 Å². The fourth-order valence-corrected chi connectivity index (χ4v) is 3.64. The van der Waals surface area contributed by atoms with Crippen LogP contribution in [0.1, 0.15) is 82.6 Å². The Kier molecular flexibility index (Phi) is 24.6. The highest BCUT2D eigenvalue weighted by Crippen LogP contribution is 2.36. The maximum Gasteiger partial charge on any atom is 0.410 e. The van der Waals surface area contributed by atoms with Gasteiger partial charge in [-0.05, 0) is 72.5 Å². The van der Waals surface area contributed by atoms with Crippen molar-refractivity contribution in [3.63, 3.8) is 0 Å². The van der Waals surface area contributed by atoms with E-state index in [-0.39, 0.29) is 31.3 Å². The lowest BCUT2D eigenvalue weighted by molar-refractivity contribution is 0.0204. The SMILES string of the molecule is C.C1CCOC1.CN(CCOCCO)C(=O)OC(C)(C)C.CN(CCOCCO[Si](C)(C)C(C)(C)C)C(=O)OC(C)(C)C. The van der Waals surface area contributed by atoms with Crippen molar-refractivity contribution in [3.8, 4) is 0 Å². The van der Waals surface area contributed by atoms with E-state index in [0.29, 0.717) is 46.1 Å². The maximum absolute atomic E-state index is 11.7. The number of nitrogens with zero attached hydrogens (tertiary/aromatic N) is 2. The largest absolute Gasteiger partial charge is 0.444 e. The van der Waals surface area contributed by atoms with Gasteiger partial charge in [0.05, 0.1) is 39.6 Å². The summed E-state index contributed by atoms with van der Waals surface area (Å²) in [6.07, 6.45) is 1.86. The Balaban J connectivity index is -0.000000653. The highest BCUT2D eigenvalue weighted by molar-refractivity contribution is 6.74. The second kappa shape index (κ2) is 23.0. The molecule has 12 heteroatoms. The Hall–Kier alpha value is -1.44. The van der Waals surface area contributed by atoms with Crippen molar-refractivity contribution in [1.29, 1.82) is 0 Å². The first kappa shape index (κ1) is 46.0. The fraction of sp³-hybridized carbons (Fsp3) is 0.935. The number of likely N-dealkylation sites (N-methyl/N-ethyl adjacent to an activating group) is 2. The topological polar surface area (TPSA) is 116 Å². The number of hydrogen-bond donors (Lipinski definition) is 1. The minimum absolute atomic E-state index is 0. The summed E-state index contributed by atoms with van der Waals surface area (Å²) in [7, 11) is 1.66. The summed E-state index contributed by atoms with van der Waals surface area (Å²) in [5, 5.41) is 8.68. The average Bonchev–Trinajstić information content (AvgIpc) is 3.41. The van der Waals surface area contributed by atoms with Gasteiger partial charge in [0.25, 0.3) is 0 Å². The maximum atomic E-state index is 11.7. The molecule has 1 fully saturated rings. The van der Waals surface area contributed by atoms with E-state index in [1.54, 1.807) is 14.1 Å². The first-order chi connectivity index (χ1) is 19.1. The third kappa shape index (κ3) is 27.8. The van der Waals surface area contributed by atoms with Crippen molar-refractivity contribution in [3.05, 3.63) is 0 Å². The van der Waals surface area contributed by atoms with E-state index in [1.165, 1.54) is 22.6 Å². The smallest absolute Gasteiger partial charge is 0.410 e. The van der Waals surface area contributed by atoms with Crippen LogP contribution in [0.4, 0.5) is 9.59 Å². The number of ether oxygens (including phenoxy) is 5. The fourth-order valence-electron chi connectivity index (χ4n) is 2.62. The first-order valence-electron chi connectivity index (χ1n) is 15.0. The quantitative estimate of drug-likeness (QED) is 0.197. The highest BCUT2D eigenvalue weighted by atomic mass is 28.4. The summed E-state index contributed by atoms with van der Waals surface area (Å²) in [6, 6.07) is 0. The van der Waals surface area contributed by atoms with Gasteiger partial charge in [0.2, 0.25) is 0 Å². The van der Waals surface area contributed by atoms with Crippen LogP contribution in [0.2, 0.25) is 18.1 Å². The monoisotopic (exact) mass is 640 g/mol. The molecule has 260 valence electrons. The molecule has 1 aliphatic rings. The zero-order chi connectivity index (χ0) is 33.0. The lowest BCUT2D eigenvalue weighted by Crippen LogP contribution is -2.41. The summed E-state index contributed by atoms with van der Waals surface area (Å²) in [5.74, 6) is 0. The Labute approximate surface area is 265 Å². The van der Waals surface area contributed by atoms with Crippen LogP contribution in [-0.2, 0) is 28.1 Å². The molecular weight excluding hydrogens is 572 g/mol. The van der Waals surface area contributed by atoms with Crippen molar-refractivity contribution in [2.75, 3.05) is 80.0 Å². The van der Waals surface area contributed by atoms with Gasteiger partial charge in [-0.3, -0.25) is 0 Å². The zero-order valence-electron chi connectivity index (χ0n) is 29.1. The van der Waals surface area contributed by atoms with Gasteiger partial charge in [0.1, 0.15) is 11.2 Å². The van der Waals surface area contributed by atoms with Gasteiger partial charge >= 0.3 is 12.2 Å².